The molecule has 3 N–H and O–H groups in total. The molecule has 7 heteroatoms. The molecule has 3 aromatic carbocycles. The Kier molecular flexibility index (Phi) is 6.18. The number of hydrogen-bond acceptors (Lipinski definition) is 6. The standard InChI is InChI=1S/C22H16N6O/c23-14-19(15-24)27-28-21-9-5-4-8-20(21)22(29)26-18-12-10-17(11-13-18)25-16-6-2-1-3-7-16/h1-13,25,28H,(H,26,29). The van der Waals surface area contributed by atoms with Gasteiger partial charge in [-0.15, -0.1) is 0 Å². The maximum Gasteiger partial charge on any atom is 0.257 e. The van der Waals surface area contributed by atoms with Gasteiger partial charge in [-0.1, -0.05) is 30.3 Å². The summed E-state index contributed by atoms with van der Waals surface area (Å²) in [6.45, 7) is 0. The van der Waals surface area contributed by atoms with Crippen LogP contribution < -0.4 is 16.1 Å². The Bertz CT molecular complexity index is 1090. The number of nitriles is 2. The quantitative estimate of drug-likeness (QED) is 0.430. The van der Waals surface area contributed by atoms with Gasteiger partial charge in [0.15, 0.2) is 0 Å². The second-order valence-corrected chi connectivity index (χ2v) is 5.86. The molecule has 0 saturated carbocycles. The lowest BCUT2D eigenvalue weighted by Crippen LogP contribution is -2.14. The molecule has 0 heterocycles. The molecule has 3 rings (SSSR count). The number of benzene rings is 3. The number of carbonyl (C=O) groups is 1. The lowest BCUT2D eigenvalue weighted by molar-refractivity contribution is 0.102. The lowest BCUT2D eigenvalue weighted by atomic mass is 10.1. The monoisotopic (exact) mass is 380 g/mol. The highest BCUT2D eigenvalue weighted by Gasteiger charge is 2.11. The van der Waals surface area contributed by atoms with Crippen LogP contribution in [0.5, 0.6) is 0 Å². The zero-order valence-corrected chi connectivity index (χ0v) is 15.3. The summed E-state index contributed by atoms with van der Waals surface area (Å²) >= 11 is 0. The highest BCUT2D eigenvalue weighted by Crippen LogP contribution is 2.21. The SMILES string of the molecule is N#CC(C#N)=NNc1ccccc1C(=O)Nc1ccc(Nc2ccccc2)cc1. The van der Waals surface area contributed by atoms with E-state index in [4.69, 9.17) is 10.5 Å². The molecule has 3 aromatic rings. The Morgan fingerprint density at radius 2 is 1.34 bits per heavy atom. The molecular weight excluding hydrogens is 364 g/mol. The van der Waals surface area contributed by atoms with Crippen molar-refractivity contribution < 1.29 is 4.79 Å². The van der Waals surface area contributed by atoms with Crippen LogP contribution in [0.4, 0.5) is 22.7 Å². The minimum Gasteiger partial charge on any atom is -0.356 e. The first kappa shape index (κ1) is 19.2. The van der Waals surface area contributed by atoms with Crippen molar-refractivity contribution in [1.29, 1.82) is 10.5 Å². The molecule has 0 aliphatic rings. The van der Waals surface area contributed by atoms with E-state index in [1.165, 1.54) is 0 Å². The van der Waals surface area contributed by atoms with Gasteiger partial charge in [0.05, 0.1) is 11.3 Å². The Morgan fingerprint density at radius 1 is 0.759 bits per heavy atom. The molecule has 0 aliphatic heterocycles. The van der Waals surface area contributed by atoms with Crippen LogP contribution in [0.2, 0.25) is 0 Å². The van der Waals surface area contributed by atoms with Crippen LogP contribution in [0.1, 0.15) is 10.4 Å². The number of nitrogens with one attached hydrogen (secondary N) is 3. The molecular formula is C22H16N6O. The molecule has 0 aromatic heterocycles. The zero-order valence-electron chi connectivity index (χ0n) is 15.3. The highest BCUT2D eigenvalue weighted by molar-refractivity contribution is 6.11. The van der Waals surface area contributed by atoms with Gasteiger partial charge < -0.3 is 10.6 Å². The molecule has 0 saturated heterocycles. The normalized spacial score (nSPS) is 9.45. The predicted molar refractivity (Wildman–Crippen MR) is 113 cm³/mol. The van der Waals surface area contributed by atoms with Crippen LogP contribution in [-0.2, 0) is 0 Å². The van der Waals surface area contributed by atoms with Crippen molar-refractivity contribution in [3.05, 3.63) is 84.4 Å². The van der Waals surface area contributed by atoms with E-state index >= 15 is 0 Å². The molecule has 0 spiro atoms. The first-order valence-corrected chi connectivity index (χ1v) is 8.66. The number of hydrogen-bond donors (Lipinski definition) is 3. The van der Waals surface area contributed by atoms with Crippen molar-refractivity contribution >= 4 is 34.4 Å². The second kappa shape index (κ2) is 9.36. The largest absolute Gasteiger partial charge is 0.356 e. The summed E-state index contributed by atoms with van der Waals surface area (Å²) in [5.74, 6) is -0.345. The zero-order chi connectivity index (χ0) is 20.5. The number of rotatable bonds is 6. The van der Waals surface area contributed by atoms with E-state index in [0.717, 1.165) is 11.4 Å². The Balaban J connectivity index is 1.70. The van der Waals surface area contributed by atoms with E-state index < -0.39 is 0 Å². The number of anilines is 4. The molecule has 29 heavy (non-hydrogen) atoms. The van der Waals surface area contributed by atoms with Gasteiger partial charge in [-0.2, -0.15) is 15.6 Å². The molecule has 0 unspecified atom stereocenters. The third kappa shape index (κ3) is 5.19. The lowest BCUT2D eigenvalue weighted by Gasteiger charge is -2.11. The Labute approximate surface area is 167 Å². The molecule has 7 nitrogen and oxygen atoms in total. The molecule has 0 radical (unpaired) electrons. The van der Waals surface area contributed by atoms with Gasteiger partial charge in [0.2, 0.25) is 5.71 Å². The summed E-state index contributed by atoms with van der Waals surface area (Å²) in [7, 11) is 0. The van der Waals surface area contributed by atoms with Crippen LogP contribution in [0.25, 0.3) is 0 Å². The fraction of sp³-hybridized carbons (Fsp3) is 0. The fourth-order valence-corrected chi connectivity index (χ4v) is 2.49. The number of carbonyl (C=O) groups excluding carboxylic acids is 1. The van der Waals surface area contributed by atoms with E-state index in [2.05, 4.69) is 21.2 Å². The summed E-state index contributed by atoms with van der Waals surface area (Å²) in [6, 6.07) is 27.1. The number of para-hydroxylation sites is 2. The number of hydrazone groups is 1. The summed E-state index contributed by atoms with van der Waals surface area (Å²) in [4.78, 5) is 12.6. The molecule has 140 valence electrons. The van der Waals surface area contributed by atoms with Crippen molar-refractivity contribution in [2.75, 3.05) is 16.1 Å². The van der Waals surface area contributed by atoms with Gasteiger partial charge in [0.1, 0.15) is 12.1 Å². The van der Waals surface area contributed by atoms with E-state index in [-0.39, 0.29) is 11.6 Å². The summed E-state index contributed by atoms with van der Waals surface area (Å²) in [5, 5.41) is 27.3. The van der Waals surface area contributed by atoms with Crippen molar-refractivity contribution in [2.45, 2.75) is 0 Å². The van der Waals surface area contributed by atoms with Gasteiger partial charge in [-0.05, 0) is 48.5 Å². The van der Waals surface area contributed by atoms with Crippen LogP contribution in [0.3, 0.4) is 0 Å². The molecule has 0 atom stereocenters. The van der Waals surface area contributed by atoms with Crippen molar-refractivity contribution in [2.24, 2.45) is 5.10 Å². The fourth-order valence-electron chi connectivity index (χ4n) is 2.49. The molecule has 1 amide bonds. The van der Waals surface area contributed by atoms with Gasteiger partial charge in [0, 0.05) is 17.1 Å². The Morgan fingerprint density at radius 3 is 2.03 bits per heavy atom. The van der Waals surface area contributed by atoms with Crippen LogP contribution in [0, 0.1) is 22.7 Å². The summed E-state index contributed by atoms with van der Waals surface area (Å²) in [6.07, 6.45) is 0. The smallest absolute Gasteiger partial charge is 0.257 e. The van der Waals surface area contributed by atoms with Crippen molar-refractivity contribution in [1.82, 2.24) is 0 Å². The maximum atomic E-state index is 12.6. The van der Waals surface area contributed by atoms with Crippen LogP contribution in [0.15, 0.2) is 84.0 Å². The third-order valence-electron chi connectivity index (χ3n) is 3.88. The topological polar surface area (TPSA) is 113 Å². The summed E-state index contributed by atoms with van der Waals surface area (Å²) < 4.78 is 0. The first-order chi connectivity index (χ1) is 14.2. The van der Waals surface area contributed by atoms with Gasteiger partial charge in [0.25, 0.3) is 5.91 Å². The van der Waals surface area contributed by atoms with E-state index in [1.54, 1.807) is 48.5 Å². The first-order valence-electron chi connectivity index (χ1n) is 8.66. The second-order valence-electron chi connectivity index (χ2n) is 5.86. The molecule has 0 fully saturated rings. The minimum absolute atomic E-state index is 0.331. The van der Waals surface area contributed by atoms with E-state index in [1.807, 2.05) is 42.5 Å². The highest BCUT2D eigenvalue weighted by atomic mass is 16.1. The van der Waals surface area contributed by atoms with Crippen LogP contribution >= 0.6 is 0 Å². The van der Waals surface area contributed by atoms with Gasteiger partial charge in [-0.3, -0.25) is 10.2 Å². The third-order valence-corrected chi connectivity index (χ3v) is 3.88. The van der Waals surface area contributed by atoms with Gasteiger partial charge in [-0.25, -0.2) is 0 Å². The average molecular weight is 380 g/mol. The molecule has 0 aliphatic carbocycles. The van der Waals surface area contributed by atoms with Crippen molar-refractivity contribution in [3.8, 4) is 12.1 Å². The minimum atomic E-state index is -0.345. The van der Waals surface area contributed by atoms with Gasteiger partial charge >= 0.3 is 0 Å². The number of nitrogens with zero attached hydrogens (tertiary/aromatic N) is 3. The van der Waals surface area contributed by atoms with Crippen LogP contribution in [-0.4, -0.2) is 11.6 Å². The molecule has 0 bridgehead atoms. The summed E-state index contributed by atoms with van der Waals surface area (Å²) in [5.41, 5.74) is 5.47. The maximum absolute atomic E-state index is 12.6. The van der Waals surface area contributed by atoms with E-state index in [9.17, 15) is 4.79 Å². The predicted octanol–water partition coefficient (Wildman–Crippen LogP) is 4.50. The van der Waals surface area contributed by atoms with E-state index in [0.29, 0.717) is 16.9 Å². The average Bonchev–Trinajstić information content (AvgIpc) is 2.77. The van der Waals surface area contributed by atoms with Crippen molar-refractivity contribution in [3.63, 3.8) is 0 Å². The Hall–Kier alpha value is -4.62. The number of amides is 1.